The van der Waals surface area contributed by atoms with Crippen molar-refractivity contribution in [3.63, 3.8) is 0 Å². The molecule has 0 bridgehead atoms. The Morgan fingerprint density at radius 1 is 0.826 bits per heavy atom. The van der Waals surface area contributed by atoms with Crippen LogP contribution in [0.2, 0.25) is 0 Å². The van der Waals surface area contributed by atoms with Gasteiger partial charge < -0.3 is 16.2 Å². The lowest BCUT2D eigenvalue weighted by atomic mass is 10.1. The maximum absolute atomic E-state index is 11.2. The second-order valence-electron chi connectivity index (χ2n) is 4.92. The van der Waals surface area contributed by atoms with Gasteiger partial charge in [-0.25, -0.2) is 0 Å². The monoisotopic (exact) mass is 310 g/mol. The van der Waals surface area contributed by atoms with Crippen LogP contribution in [-0.2, 0) is 0 Å². The number of ether oxygens (including phenoxy) is 1. The summed E-state index contributed by atoms with van der Waals surface area (Å²) >= 11 is 0. The van der Waals surface area contributed by atoms with E-state index in [1.807, 2.05) is 31.2 Å². The van der Waals surface area contributed by atoms with Crippen molar-refractivity contribution in [2.45, 2.75) is 13.8 Å². The molecule has 118 valence electrons. The third-order valence-electron chi connectivity index (χ3n) is 3.08. The quantitative estimate of drug-likeness (QED) is 0.383. The van der Waals surface area contributed by atoms with Gasteiger partial charge in [-0.05, 0) is 67.9 Å². The molecule has 0 aromatic heterocycles. The Balaban J connectivity index is 2.09. The predicted octanol–water partition coefficient (Wildman–Crippen LogP) is 2.68. The summed E-state index contributed by atoms with van der Waals surface area (Å²) in [7, 11) is 0. The first-order valence-corrected chi connectivity index (χ1v) is 6.98. The van der Waals surface area contributed by atoms with E-state index in [-0.39, 0.29) is 11.7 Å². The van der Waals surface area contributed by atoms with Crippen LogP contribution in [0.1, 0.15) is 29.8 Å². The smallest absolute Gasteiger partial charge is 0.211 e. The minimum absolute atomic E-state index is 0.0245. The van der Waals surface area contributed by atoms with Gasteiger partial charge in [0.05, 0.1) is 5.71 Å². The molecule has 6 nitrogen and oxygen atoms in total. The van der Waals surface area contributed by atoms with Gasteiger partial charge in [-0.3, -0.25) is 4.79 Å². The number of guanidine groups is 1. The van der Waals surface area contributed by atoms with Crippen molar-refractivity contribution in [3.05, 3.63) is 59.7 Å². The van der Waals surface area contributed by atoms with E-state index in [9.17, 15) is 4.79 Å². The third kappa shape index (κ3) is 4.67. The molecule has 6 heteroatoms. The summed E-state index contributed by atoms with van der Waals surface area (Å²) in [4.78, 5) is 11.2. The standard InChI is InChI=1S/C17H18N4O2/c1-11(20-21-17(18)19)13-3-7-15(8-4-13)23-16-9-5-14(6-10-16)12(2)22/h3-10H,1-2H3,(H4,18,19,21)/b20-11+. The van der Waals surface area contributed by atoms with E-state index in [0.29, 0.717) is 22.8 Å². The molecule has 0 aliphatic rings. The number of hydrogen-bond donors (Lipinski definition) is 2. The summed E-state index contributed by atoms with van der Waals surface area (Å²) < 4.78 is 5.73. The number of nitrogens with zero attached hydrogens (tertiary/aromatic N) is 2. The van der Waals surface area contributed by atoms with Crippen LogP contribution in [0.25, 0.3) is 0 Å². The van der Waals surface area contributed by atoms with Crippen LogP contribution in [0.5, 0.6) is 11.5 Å². The third-order valence-corrected chi connectivity index (χ3v) is 3.08. The van der Waals surface area contributed by atoms with Gasteiger partial charge in [0.25, 0.3) is 0 Å². The van der Waals surface area contributed by atoms with E-state index < -0.39 is 0 Å². The first kappa shape index (κ1) is 16.2. The van der Waals surface area contributed by atoms with Crippen LogP contribution in [-0.4, -0.2) is 17.5 Å². The topological polar surface area (TPSA) is 103 Å². The molecule has 23 heavy (non-hydrogen) atoms. The highest BCUT2D eigenvalue weighted by atomic mass is 16.5. The Kier molecular flexibility index (Phi) is 5.09. The molecule has 0 saturated carbocycles. The van der Waals surface area contributed by atoms with Crippen LogP contribution in [0.4, 0.5) is 0 Å². The number of benzene rings is 2. The molecule has 4 N–H and O–H groups in total. The molecule has 2 aromatic rings. The summed E-state index contributed by atoms with van der Waals surface area (Å²) in [6.45, 7) is 3.34. The van der Waals surface area contributed by atoms with Crippen molar-refractivity contribution < 1.29 is 9.53 Å². The highest BCUT2D eigenvalue weighted by Gasteiger charge is 2.02. The fraction of sp³-hybridized carbons (Fsp3) is 0.118. The van der Waals surface area contributed by atoms with Crippen molar-refractivity contribution in [3.8, 4) is 11.5 Å². The Labute approximate surface area is 134 Å². The highest BCUT2D eigenvalue weighted by molar-refractivity contribution is 5.99. The number of rotatable bonds is 5. The lowest BCUT2D eigenvalue weighted by Gasteiger charge is -2.07. The zero-order valence-electron chi connectivity index (χ0n) is 13.0. The fourth-order valence-electron chi connectivity index (χ4n) is 1.85. The van der Waals surface area contributed by atoms with Gasteiger partial charge in [-0.15, -0.1) is 5.10 Å². The molecule has 0 atom stereocenters. The SMILES string of the molecule is CC(=O)c1ccc(Oc2ccc(/C(C)=N/N=C(N)N)cc2)cc1. The summed E-state index contributed by atoms with van der Waals surface area (Å²) in [5.74, 6) is 1.28. The Bertz CT molecular complexity index is 743. The molecule has 0 amide bonds. The number of nitrogens with two attached hydrogens (primary N) is 2. The zero-order chi connectivity index (χ0) is 16.8. The lowest BCUT2D eigenvalue weighted by molar-refractivity contribution is 0.101. The average molecular weight is 310 g/mol. The van der Waals surface area contributed by atoms with Gasteiger partial charge in [0.1, 0.15) is 11.5 Å². The number of carbonyl (C=O) groups is 1. The first-order valence-electron chi connectivity index (χ1n) is 6.98. The predicted molar refractivity (Wildman–Crippen MR) is 91.0 cm³/mol. The Hall–Kier alpha value is -3.15. The number of Topliss-reactive ketones (excluding diaryl/α,β-unsaturated/α-hetero) is 1. The van der Waals surface area contributed by atoms with Crippen molar-refractivity contribution in [2.24, 2.45) is 21.7 Å². The van der Waals surface area contributed by atoms with E-state index in [0.717, 1.165) is 5.56 Å². The average Bonchev–Trinajstić information content (AvgIpc) is 2.54. The zero-order valence-corrected chi connectivity index (χ0v) is 13.0. The van der Waals surface area contributed by atoms with Crippen molar-refractivity contribution in [1.82, 2.24) is 0 Å². The molecule has 0 radical (unpaired) electrons. The summed E-state index contributed by atoms with van der Waals surface area (Å²) in [5.41, 5.74) is 12.7. The first-order chi connectivity index (χ1) is 11.0. The normalized spacial score (nSPS) is 11.0. The molecule has 0 heterocycles. The van der Waals surface area contributed by atoms with Crippen molar-refractivity contribution >= 4 is 17.5 Å². The molecule has 0 spiro atoms. The number of hydrogen-bond acceptors (Lipinski definition) is 4. The van der Waals surface area contributed by atoms with Crippen molar-refractivity contribution in [2.75, 3.05) is 0 Å². The number of ketones is 1. The van der Waals surface area contributed by atoms with Crippen LogP contribution in [0.3, 0.4) is 0 Å². The van der Waals surface area contributed by atoms with Gasteiger partial charge in [-0.2, -0.15) is 5.10 Å². The van der Waals surface area contributed by atoms with Gasteiger partial charge in [0.2, 0.25) is 5.96 Å². The largest absolute Gasteiger partial charge is 0.457 e. The molecule has 0 saturated heterocycles. The maximum Gasteiger partial charge on any atom is 0.211 e. The maximum atomic E-state index is 11.2. The minimum atomic E-state index is -0.0849. The van der Waals surface area contributed by atoms with Gasteiger partial charge >= 0.3 is 0 Å². The van der Waals surface area contributed by atoms with Gasteiger partial charge in [0, 0.05) is 5.56 Å². The highest BCUT2D eigenvalue weighted by Crippen LogP contribution is 2.22. The summed E-state index contributed by atoms with van der Waals surface area (Å²) in [6, 6.07) is 14.4. The second kappa shape index (κ2) is 7.22. The second-order valence-corrected chi connectivity index (χ2v) is 4.92. The molecule has 0 aliphatic heterocycles. The van der Waals surface area contributed by atoms with E-state index in [4.69, 9.17) is 16.2 Å². The minimum Gasteiger partial charge on any atom is -0.457 e. The molecule has 2 rings (SSSR count). The van der Waals surface area contributed by atoms with E-state index in [2.05, 4.69) is 10.2 Å². The van der Waals surface area contributed by atoms with Crippen LogP contribution < -0.4 is 16.2 Å². The Morgan fingerprint density at radius 3 is 1.74 bits per heavy atom. The van der Waals surface area contributed by atoms with E-state index in [1.54, 1.807) is 24.3 Å². The Morgan fingerprint density at radius 2 is 1.30 bits per heavy atom. The fourth-order valence-corrected chi connectivity index (χ4v) is 1.85. The molecule has 0 unspecified atom stereocenters. The molecule has 2 aromatic carbocycles. The van der Waals surface area contributed by atoms with Crippen molar-refractivity contribution in [1.29, 1.82) is 0 Å². The van der Waals surface area contributed by atoms with Crippen LogP contribution in [0, 0.1) is 0 Å². The molecular formula is C17H18N4O2. The molecule has 0 fully saturated rings. The number of carbonyl (C=O) groups excluding carboxylic acids is 1. The summed E-state index contributed by atoms with van der Waals surface area (Å²) in [6.07, 6.45) is 0. The van der Waals surface area contributed by atoms with E-state index in [1.165, 1.54) is 6.92 Å². The van der Waals surface area contributed by atoms with Crippen LogP contribution in [0.15, 0.2) is 58.7 Å². The van der Waals surface area contributed by atoms with E-state index >= 15 is 0 Å². The van der Waals surface area contributed by atoms with Crippen LogP contribution >= 0.6 is 0 Å². The summed E-state index contributed by atoms with van der Waals surface area (Å²) in [5, 5.41) is 7.53. The lowest BCUT2D eigenvalue weighted by Crippen LogP contribution is -2.22. The van der Waals surface area contributed by atoms with Gasteiger partial charge in [0.15, 0.2) is 5.78 Å². The van der Waals surface area contributed by atoms with Gasteiger partial charge in [-0.1, -0.05) is 0 Å². The molecular weight excluding hydrogens is 292 g/mol. The molecule has 0 aliphatic carbocycles.